The van der Waals surface area contributed by atoms with Crippen molar-refractivity contribution in [3.63, 3.8) is 0 Å². The van der Waals surface area contributed by atoms with Gasteiger partial charge in [-0.05, 0) is 49.2 Å². The van der Waals surface area contributed by atoms with E-state index in [4.69, 9.17) is 19.2 Å². The number of rotatable bonds is 9. The predicted molar refractivity (Wildman–Crippen MR) is 127 cm³/mol. The average molecular weight is 456 g/mol. The average Bonchev–Trinajstić information content (AvgIpc) is 3.24. The molecule has 1 amide bonds. The molecule has 0 N–H and O–H groups in total. The number of anilines is 1. The van der Waals surface area contributed by atoms with Crippen molar-refractivity contribution in [1.29, 1.82) is 0 Å². The summed E-state index contributed by atoms with van der Waals surface area (Å²) >= 11 is 1.50. The second-order valence-corrected chi connectivity index (χ2v) is 8.80. The lowest BCUT2D eigenvalue weighted by molar-refractivity contribution is -0.120. The molecule has 1 fully saturated rings. The summed E-state index contributed by atoms with van der Waals surface area (Å²) in [6.07, 6.45) is 0.857. The molecule has 0 unspecified atom stereocenters. The summed E-state index contributed by atoms with van der Waals surface area (Å²) in [6, 6.07) is 13.5. The van der Waals surface area contributed by atoms with Crippen molar-refractivity contribution in [3.05, 3.63) is 48.0 Å². The number of morpholine rings is 1. The Balaban J connectivity index is 1.48. The summed E-state index contributed by atoms with van der Waals surface area (Å²) in [5.74, 6) is 1.38. The highest BCUT2D eigenvalue weighted by Crippen LogP contribution is 2.31. The normalized spacial score (nSPS) is 14.4. The molecule has 1 aliphatic heterocycles. The molecule has 8 heteroatoms. The third-order valence-electron chi connectivity index (χ3n) is 5.43. The van der Waals surface area contributed by atoms with E-state index in [1.54, 1.807) is 12.0 Å². The number of aryl methyl sites for hydroxylation is 1. The van der Waals surface area contributed by atoms with Gasteiger partial charge < -0.3 is 14.2 Å². The Morgan fingerprint density at radius 2 is 2.03 bits per heavy atom. The van der Waals surface area contributed by atoms with Crippen LogP contribution in [0.1, 0.15) is 12.0 Å². The smallest absolute Gasteiger partial charge is 0.266 e. The first-order valence-corrected chi connectivity index (χ1v) is 11.7. The minimum Gasteiger partial charge on any atom is -0.497 e. The number of amides is 1. The van der Waals surface area contributed by atoms with Crippen LogP contribution in [0, 0.1) is 6.92 Å². The molecule has 4 rings (SSSR count). The monoisotopic (exact) mass is 455 g/mol. The molecule has 2 heterocycles. The van der Waals surface area contributed by atoms with Crippen molar-refractivity contribution in [1.82, 2.24) is 9.88 Å². The first-order chi connectivity index (χ1) is 15.6. The number of thiazole rings is 1. The van der Waals surface area contributed by atoms with E-state index in [-0.39, 0.29) is 12.5 Å². The first-order valence-electron chi connectivity index (χ1n) is 10.9. The maximum atomic E-state index is 13.2. The molecule has 32 heavy (non-hydrogen) atoms. The lowest BCUT2D eigenvalue weighted by Gasteiger charge is -2.27. The molecule has 2 aromatic carbocycles. The standard InChI is InChI=1S/C24H29N3O4S/c1-18-5-3-6-20(15-18)31-17-23(28)27(10-4-9-26-11-13-30-14-12-26)24-25-21-8-7-19(29-2)16-22(21)32-24/h3,5-8,15-16H,4,9-14,17H2,1-2H3. The zero-order valence-electron chi connectivity index (χ0n) is 18.6. The maximum Gasteiger partial charge on any atom is 0.266 e. The molecule has 0 radical (unpaired) electrons. The molecular weight excluding hydrogens is 426 g/mol. The van der Waals surface area contributed by atoms with Gasteiger partial charge in [0.1, 0.15) is 11.5 Å². The van der Waals surface area contributed by atoms with Crippen LogP contribution in [-0.4, -0.2) is 68.9 Å². The minimum absolute atomic E-state index is 0.0275. The van der Waals surface area contributed by atoms with E-state index in [1.807, 2.05) is 49.4 Å². The van der Waals surface area contributed by atoms with Crippen molar-refractivity contribution in [3.8, 4) is 11.5 Å². The Kier molecular flexibility index (Phi) is 7.57. The van der Waals surface area contributed by atoms with E-state index < -0.39 is 0 Å². The highest BCUT2D eigenvalue weighted by atomic mass is 32.1. The van der Waals surface area contributed by atoms with Gasteiger partial charge in [-0.3, -0.25) is 14.6 Å². The third kappa shape index (κ3) is 5.76. The van der Waals surface area contributed by atoms with Gasteiger partial charge in [0.05, 0.1) is 30.5 Å². The summed E-state index contributed by atoms with van der Waals surface area (Å²) in [5.41, 5.74) is 1.95. The lowest BCUT2D eigenvalue weighted by Crippen LogP contribution is -2.40. The molecular formula is C24H29N3O4S. The van der Waals surface area contributed by atoms with Crippen LogP contribution in [0.25, 0.3) is 10.2 Å². The van der Waals surface area contributed by atoms with Gasteiger partial charge in [0.2, 0.25) is 0 Å². The number of hydrogen-bond donors (Lipinski definition) is 0. The zero-order valence-corrected chi connectivity index (χ0v) is 19.4. The van der Waals surface area contributed by atoms with E-state index in [9.17, 15) is 4.79 Å². The van der Waals surface area contributed by atoms with E-state index in [1.165, 1.54) is 11.3 Å². The van der Waals surface area contributed by atoms with Crippen LogP contribution in [0.4, 0.5) is 5.13 Å². The lowest BCUT2D eigenvalue weighted by atomic mass is 10.2. The van der Waals surface area contributed by atoms with Crippen LogP contribution in [0.2, 0.25) is 0 Å². The minimum atomic E-state index is -0.0977. The van der Waals surface area contributed by atoms with Crippen molar-refractivity contribution in [2.45, 2.75) is 13.3 Å². The predicted octanol–water partition coefficient (Wildman–Crippen LogP) is 3.75. The van der Waals surface area contributed by atoms with E-state index in [2.05, 4.69) is 4.90 Å². The number of fused-ring (bicyclic) bond motifs is 1. The van der Waals surface area contributed by atoms with Gasteiger partial charge in [0.25, 0.3) is 5.91 Å². The highest BCUT2D eigenvalue weighted by Gasteiger charge is 2.21. The number of aromatic nitrogens is 1. The largest absolute Gasteiger partial charge is 0.497 e. The third-order valence-corrected chi connectivity index (χ3v) is 6.47. The van der Waals surface area contributed by atoms with Crippen LogP contribution >= 0.6 is 11.3 Å². The fraction of sp³-hybridized carbons (Fsp3) is 0.417. The van der Waals surface area contributed by atoms with Crippen molar-refractivity contribution in [2.75, 3.05) is 58.0 Å². The topological polar surface area (TPSA) is 64.1 Å². The van der Waals surface area contributed by atoms with Crippen molar-refractivity contribution in [2.24, 2.45) is 0 Å². The molecule has 0 saturated carbocycles. The second-order valence-electron chi connectivity index (χ2n) is 7.79. The van der Waals surface area contributed by atoms with Crippen LogP contribution in [0.3, 0.4) is 0 Å². The number of ether oxygens (including phenoxy) is 3. The van der Waals surface area contributed by atoms with Crippen LogP contribution in [0.5, 0.6) is 11.5 Å². The van der Waals surface area contributed by atoms with Gasteiger partial charge in [-0.2, -0.15) is 0 Å². The Morgan fingerprint density at radius 1 is 1.19 bits per heavy atom. The highest BCUT2D eigenvalue weighted by molar-refractivity contribution is 7.22. The molecule has 1 aromatic heterocycles. The van der Waals surface area contributed by atoms with Gasteiger partial charge in [-0.1, -0.05) is 23.5 Å². The van der Waals surface area contributed by atoms with E-state index in [0.717, 1.165) is 60.8 Å². The fourth-order valence-corrected chi connectivity index (χ4v) is 4.70. The van der Waals surface area contributed by atoms with Gasteiger partial charge >= 0.3 is 0 Å². The van der Waals surface area contributed by atoms with E-state index >= 15 is 0 Å². The van der Waals surface area contributed by atoms with Crippen LogP contribution in [0.15, 0.2) is 42.5 Å². The maximum absolute atomic E-state index is 13.2. The molecule has 3 aromatic rings. The SMILES string of the molecule is COc1ccc2nc(N(CCCN3CCOCC3)C(=O)COc3cccc(C)c3)sc2c1. The number of nitrogens with zero attached hydrogens (tertiary/aromatic N) is 3. The van der Waals surface area contributed by atoms with Crippen LogP contribution in [-0.2, 0) is 9.53 Å². The fourth-order valence-electron chi connectivity index (χ4n) is 3.67. The van der Waals surface area contributed by atoms with Crippen molar-refractivity contribution < 1.29 is 19.0 Å². The summed E-state index contributed by atoms with van der Waals surface area (Å²) in [4.78, 5) is 22.0. The van der Waals surface area contributed by atoms with Gasteiger partial charge in [-0.15, -0.1) is 0 Å². The molecule has 0 atom stereocenters. The number of carbonyl (C=O) groups excluding carboxylic acids is 1. The molecule has 0 spiro atoms. The molecule has 0 bridgehead atoms. The van der Waals surface area contributed by atoms with Gasteiger partial charge in [0, 0.05) is 26.2 Å². The van der Waals surface area contributed by atoms with Crippen LogP contribution < -0.4 is 14.4 Å². The second kappa shape index (κ2) is 10.8. The summed E-state index contributed by atoms with van der Waals surface area (Å²) < 4.78 is 17.5. The number of carbonyl (C=O) groups is 1. The molecule has 1 saturated heterocycles. The first kappa shape index (κ1) is 22.5. The van der Waals surface area contributed by atoms with E-state index in [0.29, 0.717) is 17.4 Å². The molecule has 0 aliphatic carbocycles. The number of benzene rings is 2. The molecule has 170 valence electrons. The number of hydrogen-bond acceptors (Lipinski definition) is 7. The summed E-state index contributed by atoms with van der Waals surface area (Å²) in [6.45, 7) is 6.90. The van der Waals surface area contributed by atoms with Gasteiger partial charge in [-0.25, -0.2) is 4.98 Å². The Hall–Kier alpha value is -2.68. The summed E-state index contributed by atoms with van der Waals surface area (Å²) in [7, 11) is 1.65. The quantitative estimate of drug-likeness (QED) is 0.490. The Labute approximate surface area is 192 Å². The van der Waals surface area contributed by atoms with Gasteiger partial charge in [0.15, 0.2) is 11.7 Å². The van der Waals surface area contributed by atoms with Crippen molar-refractivity contribution >= 4 is 32.6 Å². The Bertz CT molecular complexity index is 1050. The zero-order chi connectivity index (χ0) is 22.3. The summed E-state index contributed by atoms with van der Waals surface area (Å²) in [5, 5.41) is 0.688. The number of methoxy groups -OCH3 is 1. The molecule has 7 nitrogen and oxygen atoms in total. The Morgan fingerprint density at radius 3 is 2.81 bits per heavy atom. The molecule has 1 aliphatic rings.